The number of amides is 1. The van der Waals surface area contributed by atoms with Crippen molar-refractivity contribution >= 4 is 34.8 Å². The van der Waals surface area contributed by atoms with Crippen LogP contribution in [0.3, 0.4) is 0 Å². The molecule has 0 saturated heterocycles. The third-order valence-corrected chi connectivity index (χ3v) is 4.14. The van der Waals surface area contributed by atoms with Crippen molar-refractivity contribution in [3.05, 3.63) is 58.4 Å². The van der Waals surface area contributed by atoms with Crippen molar-refractivity contribution in [1.82, 2.24) is 10.1 Å². The molecule has 1 heterocycles. The van der Waals surface area contributed by atoms with E-state index in [4.69, 9.17) is 32.5 Å². The van der Waals surface area contributed by atoms with Crippen molar-refractivity contribution in [2.45, 2.75) is 12.8 Å². The molecular formula is C18H15Cl2N3O3. The Morgan fingerprint density at radius 2 is 1.96 bits per heavy atom. The van der Waals surface area contributed by atoms with Gasteiger partial charge in [0, 0.05) is 23.4 Å². The van der Waals surface area contributed by atoms with Crippen LogP contribution in [0.4, 0.5) is 5.69 Å². The number of carbonyl (C=O) groups excluding carboxylic acids is 1. The van der Waals surface area contributed by atoms with Gasteiger partial charge in [0.1, 0.15) is 5.75 Å². The Morgan fingerprint density at radius 3 is 2.65 bits per heavy atom. The second-order valence-corrected chi connectivity index (χ2v) is 6.26. The fraction of sp³-hybridized carbons (Fsp3) is 0.167. The van der Waals surface area contributed by atoms with E-state index in [2.05, 4.69) is 15.5 Å². The van der Waals surface area contributed by atoms with Crippen LogP contribution in [0.1, 0.15) is 12.3 Å². The summed E-state index contributed by atoms with van der Waals surface area (Å²) in [5.41, 5.74) is 1.31. The predicted molar refractivity (Wildman–Crippen MR) is 99.7 cm³/mol. The Morgan fingerprint density at radius 1 is 1.19 bits per heavy atom. The molecule has 0 unspecified atom stereocenters. The molecule has 3 rings (SSSR count). The average Bonchev–Trinajstić information content (AvgIpc) is 3.11. The van der Waals surface area contributed by atoms with E-state index in [-0.39, 0.29) is 12.3 Å². The van der Waals surface area contributed by atoms with E-state index >= 15 is 0 Å². The van der Waals surface area contributed by atoms with Gasteiger partial charge in [-0.2, -0.15) is 4.98 Å². The lowest BCUT2D eigenvalue weighted by molar-refractivity contribution is -0.116. The van der Waals surface area contributed by atoms with Gasteiger partial charge in [0.15, 0.2) is 0 Å². The lowest BCUT2D eigenvalue weighted by Gasteiger charge is -2.06. The molecule has 134 valence electrons. The number of methoxy groups -OCH3 is 1. The summed E-state index contributed by atoms with van der Waals surface area (Å²) in [7, 11) is 1.60. The third-order valence-electron chi connectivity index (χ3n) is 3.59. The number of nitrogens with zero attached hydrogens (tertiary/aromatic N) is 2. The van der Waals surface area contributed by atoms with Crippen LogP contribution >= 0.6 is 23.2 Å². The molecule has 0 aliphatic carbocycles. The number of aromatic nitrogens is 2. The summed E-state index contributed by atoms with van der Waals surface area (Å²) in [6.45, 7) is 0. The van der Waals surface area contributed by atoms with Gasteiger partial charge in [-0.3, -0.25) is 4.79 Å². The zero-order chi connectivity index (χ0) is 18.5. The zero-order valence-electron chi connectivity index (χ0n) is 13.8. The summed E-state index contributed by atoms with van der Waals surface area (Å²) >= 11 is 11.9. The lowest BCUT2D eigenvalue weighted by Crippen LogP contribution is -2.12. The van der Waals surface area contributed by atoms with Crippen LogP contribution < -0.4 is 10.1 Å². The quantitative estimate of drug-likeness (QED) is 0.662. The fourth-order valence-corrected chi connectivity index (χ4v) is 2.69. The highest BCUT2D eigenvalue weighted by Crippen LogP contribution is 2.25. The summed E-state index contributed by atoms with van der Waals surface area (Å²) in [5.74, 6) is 1.38. The number of anilines is 1. The van der Waals surface area contributed by atoms with E-state index in [0.717, 1.165) is 11.3 Å². The van der Waals surface area contributed by atoms with Crippen LogP contribution in [0, 0.1) is 0 Å². The first-order valence-corrected chi connectivity index (χ1v) is 8.52. The molecule has 2 aromatic carbocycles. The van der Waals surface area contributed by atoms with E-state index in [0.29, 0.717) is 33.9 Å². The molecule has 1 amide bonds. The van der Waals surface area contributed by atoms with Gasteiger partial charge in [-0.05, 0) is 42.5 Å². The number of benzene rings is 2. The fourth-order valence-electron chi connectivity index (χ4n) is 2.24. The van der Waals surface area contributed by atoms with E-state index < -0.39 is 0 Å². The second kappa shape index (κ2) is 8.21. The molecule has 0 radical (unpaired) electrons. The van der Waals surface area contributed by atoms with E-state index in [1.54, 1.807) is 25.3 Å². The molecule has 26 heavy (non-hydrogen) atoms. The average molecular weight is 392 g/mol. The number of nitrogens with one attached hydrogen (secondary N) is 1. The minimum Gasteiger partial charge on any atom is -0.497 e. The molecule has 0 aliphatic heterocycles. The maximum atomic E-state index is 12.1. The minimum absolute atomic E-state index is 0.184. The molecule has 1 N–H and O–H groups in total. The summed E-state index contributed by atoms with van der Waals surface area (Å²) in [5, 5.41) is 7.54. The largest absolute Gasteiger partial charge is 0.497 e. The van der Waals surface area contributed by atoms with Crippen molar-refractivity contribution in [3.8, 4) is 17.1 Å². The van der Waals surface area contributed by atoms with Crippen molar-refractivity contribution in [2.75, 3.05) is 12.4 Å². The Balaban J connectivity index is 1.58. The molecule has 8 heteroatoms. The first kappa shape index (κ1) is 18.2. The topological polar surface area (TPSA) is 77.2 Å². The second-order valence-electron chi connectivity index (χ2n) is 5.41. The van der Waals surface area contributed by atoms with Crippen LogP contribution in [0.25, 0.3) is 11.4 Å². The molecule has 0 atom stereocenters. The van der Waals surface area contributed by atoms with Crippen LogP contribution in [-0.2, 0) is 11.2 Å². The molecule has 0 bridgehead atoms. The number of ether oxygens (including phenoxy) is 1. The number of carbonyl (C=O) groups is 1. The van der Waals surface area contributed by atoms with Gasteiger partial charge in [-0.15, -0.1) is 0 Å². The number of aryl methyl sites for hydroxylation is 1. The van der Waals surface area contributed by atoms with Gasteiger partial charge < -0.3 is 14.6 Å². The van der Waals surface area contributed by atoms with Gasteiger partial charge in [0.2, 0.25) is 17.6 Å². The van der Waals surface area contributed by atoms with E-state index in [9.17, 15) is 4.79 Å². The molecule has 0 saturated carbocycles. The maximum absolute atomic E-state index is 12.1. The Kier molecular flexibility index (Phi) is 5.75. The van der Waals surface area contributed by atoms with Crippen molar-refractivity contribution in [1.29, 1.82) is 0 Å². The number of hydrogen-bond acceptors (Lipinski definition) is 5. The normalized spacial score (nSPS) is 10.6. The van der Waals surface area contributed by atoms with Crippen LogP contribution in [0.5, 0.6) is 5.75 Å². The van der Waals surface area contributed by atoms with Crippen LogP contribution in [0.15, 0.2) is 47.0 Å². The smallest absolute Gasteiger partial charge is 0.227 e. The van der Waals surface area contributed by atoms with Gasteiger partial charge >= 0.3 is 0 Å². The van der Waals surface area contributed by atoms with E-state index in [1.165, 1.54) is 0 Å². The number of hydrogen-bond donors (Lipinski definition) is 1. The summed E-state index contributed by atoms with van der Waals surface area (Å²) in [6, 6.07) is 12.2. The maximum Gasteiger partial charge on any atom is 0.227 e. The first-order chi connectivity index (χ1) is 12.5. The van der Waals surface area contributed by atoms with Crippen molar-refractivity contribution in [3.63, 3.8) is 0 Å². The molecule has 0 spiro atoms. The van der Waals surface area contributed by atoms with Crippen molar-refractivity contribution < 1.29 is 14.1 Å². The highest BCUT2D eigenvalue weighted by atomic mass is 35.5. The summed E-state index contributed by atoms with van der Waals surface area (Å²) in [6.07, 6.45) is 0.503. The molecule has 3 aromatic rings. The zero-order valence-corrected chi connectivity index (χ0v) is 15.3. The lowest BCUT2D eigenvalue weighted by atomic mass is 10.2. The molecule has 6 nitrogen and oxygen atoms in total. The SMILES string of the molecule is COc1ccc(-c2noc(CCC(=O)Nc3ccc(Cl)cc3Cl)n2)cc1. The predicted octanol–water partition coefficient (Wildman–Crippen LogP) is 4.62. The highest BCUT2D eigenvalue weighted by Gasteiger charge is 2.12. The standard InChI is InChI=1S/C18H15Cl2N3O3/c1-25-13-5-2-11(3-6-13)18-22-17(26-23-18)9-8-16(24)21-15-7-4-12(19)10-14(15)20/h2-7,10H,8-9H2,1H3,(H,21,24). The van der Waals surface area contributed by atoms with Crippen LogP contribution in [-0.4, -0.2) is 23.2 Å². The highest BCUT2D eigenvalue weighted by molar-refractivity contribution is 6.36. The Bertz CT molecular complexity index is 910. The van der Waals surface area contributed by atoms with Crippen molar-refractivity contribution in [2.24, 2.45) is 0 Å². The van der Waals surface area contributed by atoms with Gasteiger partial charge in [0.05, 0.1) is 17.8 Å². The van der Waals surface area contributed by atoms with Crippen LogP contribution in [0.2, 0.25) is 10.0 Å². The molecule has 0 fully saturated rings. The van der Waals surface area contributed by atoms with Gasteiger partial charge in [-0.25, -0.2) is 0 Å². The number of halogens is 2. The third kappa shape index (κ3) is 4.53. The first-order valence-electron chi connectivity index (χ1n) is 7.77. The minimum atomic E-state index is -0.210. The van der Waals surface area contributed by atoms with Gasteiger partial charge in [-0.1, -0.05) is 28.4 Å². The summed E-state index contributed by atoms with van der Waals surface area (Å²) < 4.78 is 10.3. The molecular weight excluding hydrogens is 377 g/mol. The van der Waals surface area contributed by atoms with Gasteiger partial charge in [0.25, 0.3) is 0 Å². The monoisotopic (exact) mass is 391 g/mol. The Hall–Kier alpha value is -2.57. The Labute approximate surface area is 160 Å². The summed E-state index contributed by atoms with van der Waals surface area (Å²) in [4.78, 5) is 16.4. The molecule has 1 aromatic heterocycles. The molecule has 0 aliphatic rings. The van der Waals surface area contributed by atoms with E-state index in [1.807, 2.05) is 24.3 Å². The number of rotatable bonds is 6.